The van der Waals surface area contributed by atoms with Gasteiger partial charge in [0.1, 0.15) is 12.2 Å². The number of esters is 4. The first-order valence-electron chi connectivity index (χ1n) is 8.05. The van der Waals surface area contributed by atoms with E-state index in [2.05, 4.69) is 16.1 Å². The average Bonchev–Trinajstić information content (AvgIpc) is 3.20. The zero-order valence-electron chi connectivity index (χ0n) is 13.8. The third-order valence-corrected chi connectivity index (χ3v) is 4.96. The summed E-state index contributed by atoms with van der Waals surface area (Å²) in [5.41, 5.74) is 0. The molecule has 0 aromatic heterocycles. The van der Waals surface area contributed by atoms with Crippen LogP contribution in [0.1, 0.15) is 6.42 Å². The standard InChI is InChI=1S/C16H15F3O8/c1-2-8(20)24-4-9(21)26-12-6-3-7-11(15(23)27-13(7)12)10(6)14(22)25-5-16(17,18)19/h2,6-7,10-13H,1,3-5H2. The fraction of sp³-hybridized carbons (Fsp3) is 0.625. The second kappa shape index (κ2) is 6.86. The average molecular weight is 392 g/mol. The third-order valence-electron chi connectivity index (χ3n) is 4.96. The first-order chi connectivity index (χ1) is 12.6. The van der Waals surface area contributed by atoms with Gasteiger partial charge in [0.2, 0.25) is 0 Å². The van der Waals surface area contributed by atoms with Crippen LogP contribution in [0.4, 0.5) is 13.2 Å². The van der Waals surface area contributed by atoms with E-state index < -0.39 is 79.1 Å². The summed E-state index contributed by atoms with van der Waals surface area (Å²) in [5.74, 6) is -6.94. The second-order valence-electron chi connectivity index (χ2n) is 6.51. The molecule has 8 nitrogen and oxygen atoms in total. The van der Waals surface area contributed by atoms with Gasteiger partial charge >= 0.3 is 30.1 Å². The van der Waals surface area contributed by atoms with Gasteiger partial charge in [-0.1, -0.05) is 6.58 Å². The molecule has 6 unspecified atom stereocenters. The molecule has 11 heteroatoms. The molecule has 1 heterocycles. The minimum atomic E-state index is -4.70. The summed E-state index contributed by atoms with van der Waals surface area (Å²) in [6.45, 7) is 0.673. The number of fused-ring (bicyclic) bond motifs is 1. The molecule has 2 saturated carbocycles. The van der Waals surface area contributed by atoms with Crippen LogP contribution in [-0.4, -0.2) is 55.5 Å². The van der Waals surface area contributed by atoms with Crippen LogP contribution in [0, 0.1) is 23.7 Å². The highest BCUT2D eigenvalue weighted by Gasteiger charge is 2.70. The first-order valence-corrected chi connectivity index (χ1v) is 8.05. The number of carbonyl (C=O) groups is 4. The number of halogens is 3. The molecule has 1 aliphatic heterocycles. The molecule has 0 spiro atoms. The highest BCUT2D eigenvalue weighted by molar-refractivity contribution is 5.86. The minimum Gasteiger partial charge on any atom is -0.458 e. The topological polar surface area (TPSA) is 105 Å². The van der Waals surface area contributed by atoms with Crippen LogP contribution in [0.25, 0.3) is 0 Å². The van der Waals surface area contributed by atoms with Gasteiger partial charge in [-0.25, -0.2) is 9.59 Å². The Morgan fingerprint density at radius 2 is 1.93 bits per heavy atom. The Balaban J connectivity index is 1.68. The van der Waals surface area contributed by atoms with Crippen molar-refractivity contribution in [3.05, 3.63) is 12.7 Å². The Kier molecular flexibility index (Phi) is 4.87. The van der Waals surface area contributed by atoms with Crippen LogP contribution >= 0.6 is 0 Å². The molecule has 6 atom stereocenters. The molecule has 3 rings (SSSR count). The van der Waals surface area contributed by atoms with E-state index in [0.717, 1.165) is 6.08 Å². The number of carbonyl (C=O) groups excluding carboxylic acids is 4. The maximum absolute atomic E-state index is 12.3. The van der Waals surface area contributed by atoms with Crippen molar-refractivity contribution in [3.63, 3.8) is 0 Å². The minimum absolute atomic E-state index is 0.275. The third kappa shape index (κ3) is 3.62. The Morgan fingerprint density at radius 1 is 1.22 bits per heavy atom. The van der Waals surface area contributed by atoms with E-state index in [1.807, 2.05) is 0 Å². The molecule has 27 heavy (non-hydrogen) atoms. The Labute approximate surface area is 150 Å². The number of ether oxygens (including phenoxy) is 4. The van der Waals surface area contributed by atoms with E-state index in [-0.39, 0.29) is 6.42 Å². The molecule has 0 aromatic carbocycles. The van der Waals surface area contributed by atoms with Gasteiger partial charge < -0.3 is 18.9 Å². The Morgan fingerprint density at radius 3 is 2.56 bits per heavy atom. The normalized spacial score (nSPS) is 33.4. The lowest BCUT2D eigenvalue weighted by atomic mass is 9.78. The van der Waals surface area contributed by atoms with Gasteiger partial charge in [0.05, 0.1) is 11.8 Å². The zero-order chi connectivity index (χ0) is 19.9. The quantitative estimate of drug-likeness (QED) is 0.366. The molecule has 0 radical (unpaired) electrons. The smallest absolute Gasteiger partial charge is 0.422 e. The molecular weight excluding hydrogens is 377 g/mol. The first kappa shape index (κ1) is 19.2. The molecule has 2 aliphatic carbocycles. The van der Waals surface area contributed by atoms with Crippen LogP contribution in [0.2, 0.25) is 0 Å². The second-order valence-corrected chi connectivity index (χ2v) is 6.51. The molecule has 3 aliphatic rings. The van der Waals surface area contributed by atoms with E-state index in [1.54, 1.807) is 0 Å². The summed E-state index contributed by atoms with van der Waals surface area (Å²) in [6.07, 6.45) is -5.38. The molecule has 0 amide bonds. The summed E-state index contributed by atoms with van der Waals surface area (Å²) in [7, 11) is 0. The van der Waals surface area contributed by atoms with Gasteiger partial charge in [0, 0.05) is 17.9 Å². The van der Waals surface area contributed by atoms with Crippen molar-refractivity contribution in [3.8, 4) is 0 Å². The molecule has 0 N–H and O–H groups in total. The van der Waals surface area contributed by atoms with Gasteiger partial charge in [0.15, 0.2) is 13.2 Å². The van der Waals surface area contributed by atoms with Crippen molar-refractivity contribution in [2.75, 3.05) is 13.2 Å². The Hall–Kier alpha value is -2.59. The lowest BCUT2D eigenvalue weighted by Crippen LogP contribution is -2.44. The number of alkyl halides is 3. The van der Waals surface area contributed by atoms with E-state index in [0.29, 0.717) is 0 Å². The number of hydrogen-bond donors (Lipinski definition) is 0. The summed E-state index contributed by atoms with van der Waals surface area (Å²) in [5, 5.41) is 0. The van der Waals surface area contributed by atoms with Gasteiger partial charge in [-0.2, -0.15) is 13.2 Å². The van der Waals surface area contributed by atoms with Crippen LogP contribution in [0.3, 0.4) is 0 Å². The molecule has 0 aromatic rings. The molecule has 1 saturated heterocycles. The summed E-state index contributed by atoms with van der Waals surface area (Å²) in [6, 6.07) is 0. The maximum Gasteiger partial charge on any atom is 0.422 e. The molecule has 2 bridgehead atoms. The van der Waals surface area contributed by atoms with Gasteiger partial charge in [0.25, 0.3) is 0 Å². The number of hydrogen-bond acceptors (Lipinski definition) is 8. The fourth-order valence-corrected chi connectivity index (χ4v) is 4.09. The van der Waals surface area contributed by atoms with Crippen molar-refractivity contribution in [2.45, 2.75) is 24.8 Å². The highest BCUT2D eigenvalue weighted by Crippen LogP contribution is 2.59. The van der Waals surface area contributed by atoms with Crippen LogP contribution in [0.5, 0.6) is 0 Å². The SMILES string of the molecule is C=CC(=O)OCC(=O)OC1C2CC3C1OC(=O)C3C2C(=O)OCC(F)(F)F. The lowest BCUT2D eigenvalue weighted by molar-refractivity contribution is -0.193. The van der Waals surface area contributed by atoms with Gasteiger partial charge in [-0.3, -0.25) is 9.59 Å². The maximum atomic E-state index is 12.3. The van der Waals surface area contributed by atoms with Crippen molar-refractivity contribution >= 4 is 23.9 Å². The van der Waals surface area contributed by atoms with Gasteiger partial charge in [-0.05, 0) is 6.42 Å². The van der Waals surface area contributed by atoms with Crippen LogP contribution in [-0.2, 0) is 38.1 Å². The van der Waals surface area contributed by atoms with Crippen molar-refractivity contribution in [2.24, 2.45) is 23.7 Å². The summed E-state index contributed by atoms with van der Waals surface area (Å²) < 4.78 is 56.1. The van der Waals surface area contributed by atoms with Crippen LogP contribution in [0.15, 0.2) is 12.7 Å². The number of rotatable bonds is 6. The monoisotopic (exact) mass is 392 g/mol. The predicted molar refractivity (Wildman–Crippen MR) is 76.5 cm³/mol. The largest absolute Gasteiger partial charge is 0.458 e. The Bertz CT molecular complexity index is 688. The van der Waals surface area contributed by atoms with E-state index in [1.165, 1.54) is 0 Å². The van der Waals surface area contributed by atoms with Crippen molar-refractivity contribution in [1.82, 2.24) is 0 Å². The molecular formula is C16H15F3O8. The van der Waals surface area contributed by atoms with E-state index in [9.17, 15) is 32.3 Å². The lowest BCUT2D eigenvalue weighted by Gasteiger charge is -2.30. The van der Waals surface area contributed by atoms with Gasteiger partial charge in [-0.15, -0.1) is 0 Å². The molecule has 148 valence electrons. The van der Waals surface area contributed by atoms with E-state index in [4.69, 9.17) is 9.47 Å². The fourth-order valence-electron chi connectivity index (χ4n) is 4.09. The zero-order valence-corrected chi connectivity index (χ0v) is 13.8. The predicted octanol–water partition coefficient (Wildman–Crippen LogP) is 0.540. The summed E-state index contributed by atoms with van der Waals surface area (Å²) >= 11 is 0. The summed E-state index contributed by atoms with van der Waals surface area (Å²) in [4.78, 5) is 47.0. The highest BCUT2D eigenvalue weighted by atomic mass is 19.4. The van der Waals surface area contributed by atoms with Crippen LogP contribution < -0.4 is 0 Å². The van der Waals surface area contributed by atoms with Crippen molar-refractivity contribution < 1.29 is 51.3 Å². The van der Waals surface area contributed by atoms with E-state index >= 15 is 0 Å². The molecule has 3 fully saturated rings. The van der Waals surface area contributed by atoms with Crippen molar-refractivity contribution in [1.29, 1.82) is 0 Å².